The highest BCUT2D eigenvalue weighted by Gasteiger charge is 2.25. The average Bonchev–Trinajstić information content (AvgIpc) is 2.98. The zero-order chi connectivity index (χ0) is 39.5. The Bertz CT molecular complexity index is 2610. The lowest BCUT2D eigenvalue weighted by Crippen LogP contribution is -2.16. The lowest BCUT2D eigenvalue weighted by molar-refractivity contribution is 0.282. The van der Waals surface area contributed by atoms with Crippen molar-refractivity contribution in [3.63, 3.8) is 0 Å². The van der Waals surface area contributed by atoms with Crippen LogP contribution in [0.3, 0.4) is 0 Å². The van der Waals surface area contributed by atoms with E-state index in [0.717, 1.165) is 36.4 Å². The predicted octanol–water partition coefficient (Wildman–Crippen LogP) is 1.36. The van der Waals surface area contributed by atoms with Gasteiger partial charge in [-0.25, -0.2) is 25.2 Å². The molecule has 0 atom stereocenters. The predicted molar refractivity (Wildman–Crippen MR) is 175 cm³/mol. The van der Waals surface area contributed by atoms with Gasteiger partial charge in [-0.05, 0) is 48.5 Å². The fraction of sp³-hybridized carbons (Fsp3) is 0.182. The van der Waals surface area contributed by atoms with Gasteiger partial charge in [-0.15, -0.1) is 15.3 Å². The Morgan fingerprint density at radius 2 is 1.00 bits per heavy atom. The van der Waals surface area contributed by atoms with Crippen molar-refractivity contribution in [3.8, 4) is 0 Å². The van der Waals surface area contributed by atoms with Crippen molar-refractivity contribution in [2.75, 3.05) is 36.2 Å². The van der Waals surface area contributed by atoms with Crippen LogP contribution in [0.2, 0.25) is 0 Å². The van der Waals surface area contributed by atoms with Crippen LogP contribution in [0.1, 0.15) is 0 Å². The Labute approximate surface area is 295 Å². The minimum absolute atomic E-state index is 0.133. The molecule has 24 nitrogen and oxygen atoms in total. The number of nitrogens with two attached hydrogens (primary N) is 2. The molecule has 0 fully saturated rings. The molecule has 0 saturated carbocycles. The molecule has 0 radical (unpaired) electrons. The summed E-state index contributed by atoms with van der Waals surface area (Å²) in [5.41, 5.74) is 8.28. The highest BCUT2D eigenvalue weighted by molar-refractivity contribution is 7.92. The summed E-state index contributed by atoms with van der Waals surface area (Å²) >= 11 is 0. The summed E-state index contributed by atoms with van der Waals surface area (Å²) in [6.07, 6.45) is 0. The number of azo groups is 2. The standard InChI is InChI=1S/C22H24N6O18S6/c23-16-12-19(50(36,37)38)22(28-25-13-1-3-14(4-2-13)47(29,30)9-7-45-51(39,40)41)20(24)21(16)27-26-17-6-5-15(11-18(17)49(33,34)35)48(31,32)10-8-46-52(42,43)44/h1-6,11-12H,7-10,23-24H2,(H,33,34,35)(H,36,37,38)(H,39,40,41)(H,42,43,44). The second-order valence-electron chi connectivity index (χ2n) is 9.69. The minimum Gasteiger partial charge on any atom is -0.397 e. The number of sulfone groups is 2. The molecule has 0 bridgehead atoms. The van der Waals surface area contributed by atoms with Crippen LogP contribution in [0.4, 0.5) is 34.1 Å². The molecule has 0 spiro atoms. The van der Waals surface area contributed by atoms with Crippen molar-refractivity contribution in [3.05, 3.63) is 48.5 Å². The zero-order valence-electron chi connectivity index (χ0n) is 25.3. The third kappa shape index (κ3) is 11.7. The Morgan fingerprint density at radius 1 is 0.538 bits per heavy atom. The van der Waals surface area contributed by atoms with Crippen LogP contribution in [0.15, 0.2) is 88.6 Å². The number of hydrogen-bond acceptors (Lipinski definition) is 20. The maximum atomic E-state index is 12.6. The van der Waals surface area contributed by atoms with Gasteiger partial charge in [0.05, 0.1) is 51.6 Å². The molecule has 3 rings (SSSR count). The molecular formula is C22H24N6O18S6. The number of rotatable bonds is 16. The Kier molecular flexibility index (Phi) is 12.6. The zero-order valence-corrected chi connectivity index (χ0v) is 30.2. The summed E-state index contributed by atoms with van der Waals surface area (Å²) in [7, 11) is -28.9. The Balaban J connectivity index is 2.03. The van der Waals surface area contributed by atoms with E-state index in [9.17, 15) is 59.6 Å². The molecular weight excluding hydrogens is 829 g/mol. The molecule has 0 unspecified atom stereocenters. The normalized spacial score (nSPS) is 13.6. The quantitative estimate of drug-likeness (QED) is 0.0673. The molecule has 3 aromatic carbocycles. The number of anilines is 2. The van der Waals surface area contributed by atoms with E-state index in [-0.39, 0.29) is 10.6 Å². The fourth-order valence-electron chi connectivity index (χ4n) is 3.73. The van der Waals surface area contributed by atoms with Crippen LogP contribution in [0, 0.1) is 0 Å². The first-order valence-corrected chi connectivity index (χ1v) is 22.0. The third-order valence-electron chi connectivity index (χ3n) is 6.04. The number of nitrogen functional groups attached to an aromatic ring is 2. The van der Waals surface area contributed by atoms with Gasteiger partial charge in [0.1, 0.15) is 26.9 Å². The Hall–Kier alpha value is -4.08. The van der Waals surface area contributed by atoms with Gasteiger partial charge in [-0.1, -0.05) is 0 Å². The maximum absolute atomic E-state index is 12.6. The molecule has 0 aliphatic rings. The highest BCUT2D eigenvalue weighted by atomic mass is 32.3. The summed E-state index contributed by atoms with van der Waals surface area (Å²) in [5.74, 6) is -1.92. The summed E-state index contributed by atoms with van der Waals surface area (Å²) in [4.78, 5) is -3.26. The maximum Gasteiger partial charge on any atom is 0.397 e. The van der Waals surface area contributed by atoms with Gasteiger partial charge in [0.25, 0.3) is 20.2 Å². The van der Waals surface area contributed by atoms with Crippen molar-refractivity contribution in [2.45, 2.75) is 19.6 Å². The van der Waals surface area contributed by atoms with Crippen LogP contribution in [-0.2, 0) is 69.1 Å². The lowest BCUT2D eigenvalue weighted by Gasteiger charge is -2.11. The van der Waals surface area contributed by atoms with E-state index in [1.165, 1.54) is 0 Å². The van der Waals surface area contributed by atoms with E-state index >= 15 is 0 Å². The van der Waals surface area contributed by atoms with Crippen molar-refractivity contribution in [1.29, 1.82) is 0 Å². The first-order chi connectivity index (χ1) is 23.6. The summed E-state index contributed by atoms with van der Waals surface area (Å²) in [6.45, 7) is -1.97. The first kappa shape index (κ1) is 42.3. The van der Waals surface area contributed by atoms with Gasteiger partial charge >= 0.3 is 20.8 Å². The SMILES string of the molecule is Nc1cc(S(=O)(=O)O)c(N=Nc2ccc(S(=O)(=O)CCOS(=O)(=O)O)cc2)c(N)c1N=Nc1ccc(S(=O)(=O)CCOS(=O)(=O)O)cc1S(=O)(=O)O. The van der Waals surface area contributed by atoms with Crippen LogP contribution in [0.5, 0.6) is 0 Å². The second kappa shape index (κ2) is 15.5. The summed E-state index contributed by atoms with van der Waals surface area (Å²) < 4.78 is 186. The molecule has 8 N–H and O–H groups in total. The van der Waals surface area contributed by atoms with E-state index in [1.54, 1.807) is 0 Å². The van der Waals surface area contributed by atoms with Gasteiger partial charge in [0, 0.05) is 0 Å². The van der Waals surface area contributed by atoms with Crippen molar-refractivity contribution < 1.29 is 77.1 Å². The number of nitrogens with zero attached hydrogens (tertiary/aromatic N) is 4. The number of hydrogen-bond donors (Lipinski definition) is 6. The molecule has 286 valence electrons. The van der Waals surface area contributed by atoms with Crippen molar-refractivity contribution in [2.24, 2.45) is 20.5 Å². The molecule has 0 saturated heterocycles. The molecule has 52 heavy (non-hydrogen) atoms. The molecule has 0 aliphatic carbocycles. The molecule has 30 heteroatoms. The van der Waals surface area contributed by atoms with Gasteiger partial charge in [-0.3, -0.25) is 18.2 Å². The minimum atomic E-state index is -5.25. The van der Waals surface area contributed by atoms with E-state index in [4.69, 9.17) is 20.6 Å². The van der Waals surface area contributed by atoms with Gasteiger partial charge < -0.3 is 11.5 Å². The topological polar surface area (TPSA) is 406 Å². The van der Waals surface area contributed by atoms with Crippen LogP contribution in [-0.4, -0.2) is 93.4 Å². The monoisotopic (exact) mass is 852 g/mol. The third-order valence-corrected chi connectivity index (χ3v) is 12.1. The Morgan fingerprint density at radius 3 is 1.48 bits per heavy atom. The first-order valence-electron chi connectivity index (χ1n) is 13.0. The molecule has 3 aromatic rings. The number of benzene rings is 3. The summed E-state index contributed by atoms with van der Waals surface area (Å²) in [6, 6.07) is 6.73. The van der Waals surface area contributed by atoms with E-state index in [1.807, 2.05) is 0 Å². The molecule has 0 amide bonds. The largest absolute Gasteiger partial charge is 0.397 e. The molecule has 0 heterocycles. The second-order valence-corrected chi connectivity index (χ2v) is 18.9. The van der Waals surface area contributed by atoms with Crippen LogP contribution in [0.25, 0.3) is 0 Å². The fourth-order valence-corrected chi connectivity index (χ4v) is 8.13. The van der Waals surface area contributed by atoms with Crippen LogP contribution < -0.4 is 11.5 Å². The van der Waals surface area contributed by atoms with Crippen molar-refractivity contribution >= 4 is 94.8 Å². The molecule has 0 aliphatic heterocycles. The summed E-state index contributed by atoms with van der Waals surface area (Å²) in [5, 5.41) is 14.7. The van der Waals surface area contributed by atoms with Gasteiger partial charge in [-0.2, -0.15) is 38.8 Å². The van der Waals surface area contributed by atoms with Gasteiger partial charge in [0.2, 0.25) is 0 Å². The van der Waals surface area contributed by atoms with E-state index in [0.29, 0.717) is 12.1 Å². The van der Waals surface area contributed by atoms with Crippen LogP contribution >= 0.6 is 0 Å². The average molecular weight is 853 g/mol. The smallest absolute Gasteiger partial charge is 0.397 e. The van der Waals surface area contributed by atoms with E-state index in [2.05, 4.69) is 28.8 Å². The molecule has 0 aromatic heterocycles. The van der Waals surface area contributed by atoms with E-state index < -0.39 is 129 Å². The van der Waals surface area contributed by atoms with Gasteiger partial charge in [0.15, 0.2) is 19.7 Å². The van der Waals surface area contributed by atoms with Crippen molar-refractivity contribution in [1.82, 2.24) is 0 Å². The lowest BCUT2D eigenvalue weighted by atomic mass is 10.2. The highest BCUT2D eigenvalue weighted by Crippen LogP contribution is 2.44.